The second-order valence-corrected chi connectivity index (χ2v) is 10.4. The van der Waals surface area contributed by atoms with Crippen molar-refractivity contribution in [2.45, 2.75) is 0 Å². The third-order valence-electron chi connectivity index (χ3n) is 7.91. The van der Waals surface area contributed by atoms with Gasteiger partial charge in [-0.05, 0) is 58.7 Å². The van der Waals surface area contributed by atoms with Gasteiger partial charge in [0, 0.05) is 33.7 Å². The van der Waals surface area contributed by atoms with Gasteiger partial charge < -0.3 is 9.32 Å². The van der Waals surface area contributed by atoms with Crippen molar-refractivity contribution in [2.24, 2.45) is 0 Å². The Hall–Kier alpha value is -5.67. The summed E-state index contributed by atoms with van der Waals surface area (Å²) >= 11 is 0. The number of para-hydroxylation sites is 1. The van der Waals surface area contributed by atoms with Crippen LogP contribution in [-0.2, 0) is 0 Å². The molecule has 0 amide bonds. The Morgan fingerprint density at radius 1 is 0.429 bits per heavy atom. The van der Waals surface area contributed by atoms with Crippen molar-refractivity contribution in [3.63, 3.8) is 0 Å². The fourth-order valence-corrected chi connectivity index (χ4v) is 5.82. The molecular formula is C39H26N2O. The van der Waals surface area contributed by atoms with Gasteiger partial charge in [-0.15, -0.1) is 0 Å². The molecule has 3 heteroatoms. The zero-order valence-corrected chi connectivity index (χ0v) is 22.8. The SMILES string of the molecule is c1ccc(-c2ccc(N(c3ccc(-c4ccccc4)cc3)c3cccc4c3oc3c5ccccc5cnc43)cc2)cc1. The zero-order valence-electron chi connectivity index (χ0n) is 22.8. The predicted octanol–water partition coefficient (Wildman–Crippen LogP) is 10.9. The summed E-state index contributed by atoms with van der Waals surface area (Å²) in [4.78, 5) is 7.10. The molecule has 0 aliphatic heterocycles. The summed E-state index contributed by atoms with van der Waals surface area (Å²) in [6.07, 6.45) is 1.93. The van der Waals surface area contributed by atoms with Crippen LogP contribution in [-0.4, -0.2) is 4.98 Å². The van der Waals surface area contributed by atoms with Crippen LogP contribution in [0.2, 0.25) is 0 Å². The van der Waals surface area contributed by atoms with Gasteiger partial charge in [-0.3, -0.25) is 4.98 Å². The summed E-state index contributed by atoms with van der Waals surface area (Å²) in [7, 11) is 0. The first-order chi connectivity index (χ1) is 20.8. The van der Waals surface area contributed by atoms with Crippen LogP contribution in [0.3, 0.4) is 0 Å². The molecule has 3 nitrogen and oxygen atoms in total. The summed E-state index contributed by atoms with van der Waals surface area (Å²) < 4.78 is 6.70. The fraction of sp³-hybridized carbons (Fsp3) is 0. The van der Waals surface area contributed by atoms with Gasteiger partial charge >= 0.3 is 0 Å². The number of furan rings is 1. The van der Waals surface area contributed by atoms with Crippen molar-refractivity contribution >= 4 is 49.9 Å². The minimum atomic E-state index is 0.814. The molecule has 42 heavy (non-hydrogen) atoms. The van der Waals surface area contributed by atoms with Crippen LogP contribution in [0.25, 0.3) is 55.1 Å². The Bertz CT molecular complexity index is 2080. The van der Waals surface area contributed by atoms with Gasteiger partial charge in [0.25, 0.3) is 0 Å². The molecule has 8 aromatic rings. The van der Waals surface area contributed by atoms with Gasteiger partial charge in [0.1, 0.15) is 5.52 Å². The van der Waals surface area contributed by atoms with Gasteiger partial charge in [-0.25, -0.2) is 0 Å². The summed E-state index contributed by atoms with van der Waals surface area (Å²) in [5.74, 6) is 0. The lowest BCUT2D eigenvalue weighted by atomic mass is 10.0. The molecule has 0 N–H and O–H groups in total. The summed E-state index contributed by atoms with van der Waals surface area (Å²) in [6, 6.07) is 53.0. The second kappa shape index (κ2) is 10.1. The smallest absolute Gasteiger partial charge is 0.161 e. The van der Waals surface area contributed by atoms with Crippen molar-refractivity contribution in [1.29, 1.82) is 0 Å². The van der Waals surface area contributed by atoms with E-state index in [1.165, 1.54) is 22.3 Å². The summed E-state index contributed by atoms with van der Waals surface area (Å²) in [5.41, 5.74) is 10.3. The minimum absolute atomic E-state index is 0.814. The van der Waals surface area contributed by atoms with E-state index in [-0.39, 0.29) is 0 Å². The zero-order chi connectivity index (χ0) is 27.9. The third-order valence-corrected chi connectivity index (χ3v) is 7.91. The maximum Gasteiger partial charge on any atom is 0.161 e. The maximum atomic E-state index is 6.70. The second-order valence-electron chi connectivity index (χ2n) is 10.4. The first-order valence-electron chi connectivity index (χ1n) is 14.1. The van der Waals surface area contributed by atoms with E-state index in [1.807, 2.05) is 30.5 Å². The molecule has 198 valence electrons. The van der Waals surface area contributed by atoms with Gasteiger partial charge in [0.05, 0.1) is 5.69 Å². The van der Waals surface area contributed by atoms with E-state index in [0.29, 0.717) is 0 Å². The van der Waals surface area contributed by atoms with E-state index in [1.54, 1.807) is 0 Å². The van der Waals surface area contributed by atoms with Crippen LogP contribution in [0.1, 0.15) is 0 Å². The predicted molar refractivity (Wildman–Crippen MR) is 175 cm³/mol. The molecule has 0 aliphatic carbocycles. The number of aromatic nitrogens is 1. The molecule has 2 heterocycles. The molecule has 0 unspecified atom stereocenters. The quantitative estimate of drug-likeness (QED) is 0.218. The molecule has 0 saturated heterocycles. The van der Waals surface area contributed by atoms with Crippen LogP contribution >= 0.6 is 0 Å². The Kier molecular flexibility index (Phi) is 5.79. The normalized spacial score (nSPS) is 11.3. The molecular weight excluding hydrogens is 512 g/mol. The Labute approximate surface area is 243 Å². The summed E-state index contributed by atoms with van der Waals surface area (Å²) in [6.45, 7) is 0. The van der Waals surface area contributed by atoms with Crippen molar-refractivity contribution < 1.29 is 4.42 Å². The molecule has 0 atom stereocenters. The lowest BCUT2D eigenvalue weighted by molar-refractivity contribution is 0.672. The molecule has 2 aromatic heterocycles. The van der Waals surface area contributed by atoms with Crippen molar-refractivity contribution in [2.75, 3.05) is 4.90 Å². The first-order valence-corrected chi connectivity index (χ1v) is 14.1. The molecule has 8 rings (SSSR count). The van der Waals surface area contributed by atoms with Crippen molar-refractivity contribution in [1.82, 2.24) is 4.98 Å². The number of hydrogen-bond donors (Lipinski definition) is 0. The molecule has 6 aromatic carbocycles. The van der Waals surface area contributed by atoms with Gasteiger partial charge in [-0.1, -0.05) is 115 Å². The number of nitrogens with zero attached hydrogens (tertiary/aromatic N) is 2. The fourth-order valence-electron chi connectivity index (χ4n) is 5.82. The molecule has 0 fully saturated rings. The summed E-state index contributed by atoms with van der Waals surface area (Å²) in [5, 5.41) is 3.13. The largest absolute Gasteiger partial charge is 0.451 e. The van der Waals surface area contributed by atoms with E-state index in [0.717, 1.165) is 49.9 Å². The third kappa shape index (κ3) is 4.11. The van der Waals surface area contributed by atoms with Crippen molar-refractivity contribution in [3.05, 3.63) is 158 Å². The highest BCUT2D eigenvalue weighted by Crippen LogP contribution is 2.43. The highest BCUT2D eigenvalue weighted by atomic mass is 16.3. The van der Waals surface area contributed by atoms with E-state index < -0.39 is 0 Å². The molecule has 0 saturated carbocycles. The Morgan fingerprint density at radius 3 is 1.57 bits per heavy atom. The standard InChI is InChI=1S/C39H26N2O/c1-3-10-27(11-4-1)29-18-22-32(23-19-29)41(33-24-20-30(21-25-33)28-12-5-2-6-13-28)36-17-9-16-35-37-39(42-38(35)36)34-15-8-7-14-31(34)26-40-37/h1-26H. The average Bonchev–Trinajstić information content (AvgIpc) is 3.47. The lowest BCUT2D eigenvalue weighted by Crippen LogP contribution is -2.10. The van der Waals surface area contributed by atoms with Gasteiger partial charge in [0.15, 0.2) is 11.2 Å². The average molecular weight is 539 g/mol. The number of hydrogen-bond acceptors (Lipinski definition) is 3. The highest BCUT2D eigenvalue weighted by molar-refractivity contribution is 6.15. The minimum Gasteiger partial charge on any atom is -0.451 e. The molecule has 0 radical (unpaired) electrons. The van der Waals surface area contributed by atoms with E-state index in [4.69, 9.17) is 9.40 Å². The Morgan fingerprint density at radius 2 is 0.952 bits per heavy atom. The van der Waals surface area contributed by atoms with Gasteiger partial charge in [-0.2, -0.15) is 0 Å². The van der Waals surface area contributed by atoms with E-state index in [2.05, 4.69) is 132 Å². The van der Waals surface area contributed by atoms with E-state index >= 15 is 0 Å². The number of benzene rings is 6. The van der Waals surface area contributed by atoms with Crippen molar-refractivity contribution in [3.8, 4) is 22.3 Å². The van der Waals surface area contributed by atoms with Crippen LogP contribution in [0, 0.1) is 0 Å². The highest BCUT2D eigenvalue weighted by Gasteiger charge is 2.21. The maximum absolute atomic E-state index is 6.70. The van der Waals surface area contributed by atoms with Crippen LogP contribution < -0.4 is 4.90 Å². The van der Waals surface area contributed by atoms with Crippen LogP contribution in [0.15, 0.2) is 162 Å². The monoisotopic (exact) mass is 538 g/mol. The number of pyridine rings is 1. The molecule has 0 spiro atoms. The number of anilines is 3. The Balaban J connectivity index is 1.32. The van der Waals surface area contributed by atoms with Crippen LogP contribution in [0.4, 0.5) is 17.1 Å². The topological polar surface area (TPSA) is 29.3 Å². The molecule has 0 aliphatic rings. The van der Waals surface area contributed by atoms with Crippen LogP contribution in [0.5, 0.6) is 0 Å². The lowest BCUT2D eigenvalue weighted by Gasteiger charge is -2.26. The molecule has 0 bridgehead atoms. The number of fused-ring (bicyclic) bond motifs is 5. The first kappa shape index (κ1) is 24.2. The number of rotatable bonds is 5. The van der Waals surface area contributed by atoms with E-state index in [9.17, 15) is 0 Å². The van der Waals surface area contributed by atoms with Gasteiger partial charge in [0.2, 0.25) is 0 Å².